The fourth-order valence-corrected chi connectivity index (χ4v) is 3.65. The van der Waals surface area contributed by atoms with Gasteiger partial charge in [-0.25, -0.2) is 4.99 Å². The Hall–Kier alpha value is -2.36. The van der Waals surface area contributed by atoms with E-state index in [9.17, 15) is 0 Å². The van der Waals surface area contributed by atoms with E-state index in [-0.39, 0.29) is 24.0 Å². The number of nitrogens with zero attached hydrogens (tertiary/aromatic N) is 2. The van der Waals surface area contributed by atoms with Gasteiger partial charge in [-0.2, -0.15) is 0 Å². The van der Waals surface area contributed by atoms with E-state index in [0.717, 1.165) is 43.3 Å². The van der Waals surface area contributed by atoms with Crippen molar-refractivity contribution >= 4 is 35.6 Å². The van der Waals surface area contributed by atoms with Gasteiger partial charge in [0.05, 0.1) is 27.9 Å². The molecular weight excluding hydrogens is 507 g/mol. The fourth-order valence-electron chi connectivity index (χ4n) is 3.65. The lowest BCUT2D eigenvalue weighted by atomic mass is 10.1. The smallest absolute Gasteiger partial charge is 0.191 e. The van der Waals surface area contributed by atoms with Crippen LogP contribution >= 0.6 is 24.0 Å². The third-order valence-electron chi connectivity index (χ3n) is 5.19. The summed E-state index contributed by atoms with van der Waals surface area (Å²) in [5.74, 6) is 2.83. The second-order valence-electron chi connectivity index (χ2n) is 7.13. The average Bonchev–Trinajstić information content (AvgIpc) is 3.26. The van der Waals surface area contributed by atoms with E-state index in [1.165, 1.54) is 5.69 Å². The van der Waals surface area contributed by atoms with E-state index in [0.29, 0.717) is 24.1 Å². The van der Waals surface area contributed by atoms with Crippen LogP contribution in [0.25, 0.3) is 0 Å². The minimum atomic E-state index is 0. The summed E-state index contributed by atoms with van der Waals surface area (Å²) in [5.41, 5.74) is 2.20. The Morgan fingerprint density at radius 1 is 1.03 bits per heavy atom. The Morgan fingerprint density at radius 2 is 1.71 bits per heavy atom. The maximum Gasteiger partial charge on any atom is 0.191 e. The van der Waals surface area contributed by atoms with Gasteiger partial charge in [-0.15, -0.1) is 24.0 Å². The molecule has 1 unspecified atom stereocenters. The van der Waals surface area contributed by atoms with Crippen molar-refractivity contribution in [2.75, 3.05) is 45.9 Å². The summed E-state index contributed by atoms with van der Waals surface area (Å²) in [6.45, 7) is 5.32. The van der Waals surface area contributed by atoms with Gasteiger partial charge in [0.1, 0.15) is 5.75 Å². The van der Waals surface area contributed by atoms with Crippen LogP contribution in [-0.4, -0.2) is 53.0 Å². The van der Waals surface area contributed by atoms with E-state index < -0.39 is 0 Å². The summed E-state index contributed by atoms with van der Waals surface area (Å²) in [6.07, 6.45) is 1.07. The van der Waals surface area contributed by atoms with E-state index in [1.807, 2.05) is 18.2 Å². The first-order valence-electron chi connectivity index (χ1n) is 10.3. The van der Waals surface area contributed by atoms with Crippen LogP contribution in [-0.2, 0) is 6.54 Å². The fraction of sp³-hybridized carbons (Fsp3) is 0.435. The Morgan fingerprint density at radius 3 is 2.35 bits per heavy atom. The zero-order valence-electron chi connectivity index (χ0n) is 18.7. The van der Waals surface area contributed by atoms with Gasteiger partial charge in [0.25, 0.3) is 0 Å². The van der Waals surface area contributed by atoms with Crippen LogP contribution in [0.15, 0.2) is 47.5 Å². The molecule has 170 valence electrons. The molecule has 2 aromatic carbocycles. The van der Waals surface area contributed by atoms with Gasteiger partial charge in [-0.1, -0.05) is 18.2 Å². The van der Waals surface area contributed by atoms with Gasteiger partial charge in [0, 0.05) is 43.0 Å². The number of hydrogen-bond acceptors (Lipinski definition) is 5. The first-order valence-corrected chi connectivity index (χ1v) is 10.3. The monoisotopic (exact) mass is 540 g/mol. The highest BCUT2D eigenvalue weighted by Gasteiger charge is 2.23. The van der Waals surface area contributed by atoms with Crippen LogP contribution in [0.1, 0.15) is 18.9 Å². The summed E-state index contributed by atoms with van der Waals surface area (Å²) in [6, 6.07) is 14.6. The van der Waals surface area contributed by atoms with Gasteiger partial charge in [-0.3, -0.25) is 0 Å². The van der Waals surface area contributed by atoms with E-state index in [2.05, 4.69) is 46.7 Å². The highest BCUT2D eigenvalue weighted by Crippen LogP contribution is 2.34. The molecule has 0 aliphatic carbocycles. The number of guanidine groups is 1. The predicted octanol–water partition coefficient (Wildman–Crippen LogP) is 3.66. The summed E-state index contributed by atoms with van der Waals surface area (Å²) in [7, 11) is 4.89. The highest BCUT2D eigenvalue weighted by molar-refractivity contribution is 14.0. The van der Waals surface area contributed by atoms with Crippen LogP contribution in [0.5, 0.6) is 17.2 Å². The predicted molar refractivity (Wildman–Crippen MR) is 137 cm³/mol. The normalized spacial score (nSPS) is 15.8. The van der Waals surface area contributed by atoms with Crippen LogP contribution in [0.3, 0.4) is 0 Å². The van der Waals surface area contributed by atoms with Crippen molar-refractivity contribution in [1.82, 2.24) is 10.6 Å². The number of para-hydroxylation sites is 1. The second-order valence-corrected chi connectivity index (χ2v) is 7.13. The lowest BCUT2D eigenvalue weighted by Gasteiger charge is -2.20. The minimum absolute atomic E-state index is 0. The first kappa shape index (κ1) is 24.9. The lowest BCUT2D eigenvalue weighted by Crippen LogP contribution is -2.44. The molecule has 1 aliphatic heterocycles. The molecule has 0 spiro atoms. The molecule has 1 saturated heterocycles. The number of methoxy groups -OCH3 is 3. The summed E-state index contributed by atoms with van der Waals surface area (Å²) >= 11 is 0. The highest BCUT2D eigenvalue weighted by atomic mass is 127. The van der Waals surface area contributed by atoms with Crippen LogP contribution < -0.4 is 29.7 Å². The summed E-state index contributed by atoms with van der Waals surface area (Å²) in [5, 5.41) is 6.92. The van der Waals surface area contributed by atoms with Crippen LogP contribution in [0.4, 0.5) is 5.69 Å². The molecule has 0 aromatic heterocycles. The van der Waals surface area contributed by atoms with Gasteiger partial charge in [0.2, 0.25) is 0 Å². The SMILES string of the molecule is CCNC(=NCc1cc(OC)c(OC)cc1OC)NC1CCN(c2ccccc2)C1.I. The largest absolute Gasteiger partial charge is 0.496 e. The third-order valence-corrected chi connectivity index (χ3v) is 5.19. The molecule has 1 fully saturated rings. The first-order chi connectivity index (χ1) is 14.7. The lowest BCUT2D eigenvalue weighted by molar-refractivity contribution is 0.347. The van der Waals surface area contributed by atoms with E-state index >= 15 is 0 Å². The van der Waals surface area contributed by atoms with Crippen LogP contribution in [0.2, 0.25) is 0 Å². The maximum absolute atomic E-state index is 5.52. The number of rotatable bonds is 8. The quantitative estimate of drug-likeness (QED) is 0.303. The molecular formula is C23H33IN4O3. The third kappa shape index (κ3) is 6.56. The molecule has 0 bridgehead atoms. The molecule has 3 rings (SSSR count). The molecule has 0 saturated carbocycles. The standard InChI is InChI=1S/C23H32N4O3.HI/c1-5-24-23(26-18-11-12-27(16-18)19-9-7-6-8-10-19)25-15-17-13-21(29-3)22(30-4)14-20(17)28-2;/h6-10,13-14,18H,5,11-12,15-16H2,1-4H3,(H2,24,25,26);1H. The number of benzene rings is 2. The Balaban J connectivity index is 0.00000341. The molecule has 1 atom stereocenters. The Bertz CT molecular complexity index is 848. The number of anilines is 1. The topological polar surface area (TPSA) is 67.4 Å². The number of ether oxygens (including phenoxy) is 3. The van der Waals surface area contributed by atoms with Crippen molar-refractivity contribution in [1.29, 1.82) is 0 Å². The van der Waals surface area contributed by atoms with Crippen molar-refractivity contribution in [2.45, 2.75) is 25.9 Å². The van der Waals surface area contributed by atoms with Gasteiger partial charge in [0.15, 0.2) is 17.5 Å². The molecule has 2 N–H and O–H groups in total. The molecule has 8 heteroatoms. The number of nitrogens with one attached hydrogen (secondary N) is 2. The maximum atomic E-state index is 5.52. The van der Waals surface area contributed by atoms with Crippen LogP contribution in [0, 0.1) is 0 Å². The molecule has 1 aliphatic rings. The minimum Gasteiger partial charge on any atom is -0.496 e. The summed E-state index contributed by atoms with van der Waals surface area (Å²) < 4.78 is 16.3. The van der Waals surface area contributed by atoms with Crippen molar-refractivity contribution < 1.29 is 14.2 Å². The van der Waals surface area contributed by atoms with E-state index in [1.54, 1.807) is 21.3 Å². The molecule has 1 heterocycles. The molecule has 31 heavy (non-hydrogen) atoms. The number of hydrogen-bond donors (Lipinski definition) is 2. The van der Waals surface area contributed by atoms with Gasteiger partial charge < -0.3 is 29.7 Å². The van der Waals surface area contributed by atoms with Gasteiger partial charge in [-0.05, 0) is 31.5 Å². The van der Waals surface area contributed by atoms with Crippen molar-refractivity contribution in [3.8, 4) is 17.2 Å². The van der Waals surface area contributed by atoms with Crippen molar-refractivity contribution in [2.24, 2.45) is 4.99 Å². The molecule has 2 aromatic rings. The molecule has 0 amide bonds. The summed E-state index contributed by atoms with van der Waals surface area (Å²) in [4.78, 5) is 7.19. The zero-order valence-corrected chi connectivity index (χ0v) is 21.0. The number of aliphatic imine (C=N–C) groups is 1. The Kier molecular flexibility index (Phi) is 10.0. The Labute approximate surface area is 202 Å². The average molecular weight is 540 g/mol. The number of halogens is 1. The van der Waals surface area contributed by atoms with E-state index in [4.69, 9.17) is 19.2 Å². The molecule has 0 radical (unpaired) electrons. The second kappa shape index (κ2) is 12.5. The van der Waals surface area contributed by atoms with Gasteiger partial charge >= 0.3 is 0 Å². The van der Waals surface area contributed by atoms with Crippen molar-refractivity contribution in [3.63, 3.8) is 0 Å². The zero-order chi connectivity index (χ0) is 21.3. The van der Waals surface area contributed by atoms with Crippen molar-refractivity contribution in [3.05, 3.63) is 48.0 Å². The molecule has 7 nitrogen and oxygen atoms in total.